The number of rotatable bonds is 7. The van der Waals surface area contributed by atoms with E-state index in [1.165, 1.54) is 29.3 Å². The van der Waals surface area contributed by atoms with Gasteiger partial charge >= 0.3 is 0 Å². The lowest BCUT2D eigenvalue weighted by atomic mass is 9.95. The Morgan fingerprint density at radius 3 is 2.60 bits per heavy atom. The maximum absolute atomic E-state index is 12.9. The van der Waals surface area contributed by atoms with Gasteiger partial charge in [0, 0.05) is 37.7 Å². The van der Waals surface area contributed by atoms with E-state index in [-0.39, 0.29) is 36.0 Å². The Labute approximate surface area is 175 Å². The quantitative estimate of drug-likeness (QED) is 0.727. The molecule has 0 spiro atoms. The van der Waals surface area contributed by atoms with Crippen molar-refractivity contribution < 1.29 is 9.59 Å². The van der Waals surface area contributed by atoms with Crippen molar-refractivity contribution in [1.82, 2.24) is 24.8 Å². The Kier molecular flexibility index (Phi) is 6.01. The van der Waals surface area contributed by atoms with Gasteiger partial charge in [0.2, 0.25) is 5.91 Å². The van der Waals surface area contributed by atoms with Crippen molar-refractivity contribution in [3.63, 3.8) is 0 Å². The van der Waals surface area contributed by atoms with Crippen molar-refractivity contribution in [2.24, 2.45) is 13.0 Å². The van der Waals surface area contributed by atoms with Crippen LogP contribution in [0.5, 0.6) is 0 Å². The predicted molar refractivity (Wildman–Crippen MR) is 112 cm³/mol. The molecule has 2 fully saturated rings. The second-order valence-electron chi connectivity index (χ2n) is 8.47. The van der Waals surface area contributed by atoms with Crippen molar-refractivity contribution in [1.29, 1.82) is 0 Å². The summed E-state index contributed by atoms with van der Waals surface area (Å²) >= 11 is 0. The van der Waals surface area contributed by atoms with Gasteiger partial charge < -0.3 is 19.8 Å². The first-order valence-corrected chi connectivity index (χ1v) is 10.8. The van der Waals surface area contributed by atoms with Crippen LogP contribution in [0.25, 0.3) is 0 Å². The second-order valence-corrected chi connectivity index (χ2v) is 8.47. The molecule has 0 saturated heterocycles. The summed E-state index contributed by atoms with van der Waals surface area (Å²) in [4.78, 5) is 41.9. The minimum Gasteiger partial charge on any atom is -0.352 e. The summed E-state index contributed by atoms with van der Waals surface area (Å²) in [5.41, 5.74) is 0.0631. The Bertz CT molecular complexity index is 969. The third kappa shape index (κ3) is 4.80. The number of nitrogens with zero attached hydrogens (tertiary/aromatic N) is 3. The van der Waals surface area contributed by atoms with Crippen molar-refractivity contribution in [3.8, 4) is 0 Å². The van der Waals surface area contributed by atoms with Gasteiger partial charge in [-0.05, 0) is 37.7 Å². The fraction of sp³-hybridized carbons (Fsp3) is 0.545. The van der Waals surface area contributed by atoms with E-state index in [9.17, 15) is 14.4 Å². The molecule has 0 radical (unpaired) electrons. The SMILES string of the molecule is Cn1ccnc1[C@H](NC(=O)c1ccc(=O)n(CC(=O)NC2CCCCC2)c1)C1CC1. The molecule has 2 amide bonds. The first kappa shape index (κ1) is 20.4. The summed E-state index contributed by atoms with van der Waals surface area (Å²) in [6.45, 7) is -0.0815. The van der Waals surface area contributed by atoms with Crippen LogP contribution in [0.15, 0.2) is 35.5 Å². The molecule has 4 rings (SSSR count). The largest absolute Gasteiger partial charge is 0.352 e. The standard InChI is InChI=1S/C22H29N5O3/c1-26-12-11-23-21(26)20(15-7-8-15)25-22(30)16-9-10-19(29)27(13-16)14-18(28)24-17-5-3-2-4-6-17/h9-13,15,17,20H,2-8,14H2,1H3,(H,24,28)(H,25,30)/t20-/m1/s1. The minimum absolute atomic E-state index is 0.0815. The molecule has 2 aliphatic rings. The zero-order valence-electron chi connectivity index (χ0n) is 17.3. The molecule has 0 aliphatic heterocycles. The van der Waals surface area contributed by atoms with Crippen LogP contribution in [0.3, 0.4) is 0 Å². The highest BCUT2D eigenvalue weighted by Crippen LogP contribution is 2.40. The zero-order valence-corrected chi connectivity index (χ0v) is 17.3. The highest BCUT2D eigenvalue weighted by atomic mass is 16.2. The molecule has 2 aromatic heterocycles. The average molecular weight is 412 g/mol. The highest BCUT2D eigenvalue weighted by Gasteiger charge is 2.36. The van der Waals surface area contributed by atoms with Crippen LogP contribution in [-0.2, 0) is 18.4 Å². The van der Waals surface area contributed by atoms with Gasteiger partial charge in [0.15, 0.2) is 0 Å². The maximum atomic E-state index is 12.9. The first-order chi connectivity index (χ1) is 14.5. The van der Waals surface area contributed by atoms with Crippen LogP contribution in [-0.4, -0.2) is 32.0 Å². The number of hydrogen-bond acceptors (Lipinski definition) is 4. The van der Waals surface area contributed by atoms with Crippen molar-refractivity contribution in [3.05, 3.63) is 52.5 Å². The summed E-state index contributed by atoms with van der Waals surface area (Å²) in [6, 6.07) is 2.88. The summed E-state index contributed by atoms with van der Waals surface area (Å²) in [7, 11) is 1.91. The van der Waals surface area contributed by atoms with Crippen LogP contribution in [0.4, 0.5) is 0 Å². The monoisotopic (exact) mass is 411 g/mol. The molecule has 8 nitrogen and oxygen atoms in total. The highest BCUT2D eigenvalue weighted by molar-refractivity contribution is 5.94. The Morgan fingerprint density at radius 2 is 1.93 bits per heavy atom. The lowest BCUT2D eigenvalue weighted by molar-refractivity contribution is -0.122. The topological polar surface area (TPSA) is 98.0 Å². The number of imidazole rings is 1. The Morgan fingerprint density at radius 1 is 1.17 bits per heavy atom. The van der Waals surface area contributed by atoms with E-state index >= 15 is 0 Å². The van der Waals surface area contributed by atoms with Crippen molar-refractivity contribution in [2.75, 3.05) is 0 Å². The summed E-state index contributed by atoms with van der Waals surface area (Å²) in [5, 5.41) is 6.08. The van der Waals surface area contributed by atoms with E-state index in [1.807, 2.05) is 17.8 Å². The van der Waals surface area contributed by atoms with Gasteiger partial charge in [0.25, 0.3) is 11.5 Å². The normalized spacial score (nSPS) is 18.0. The number of aryl methyl sites for hydroxylation is 1. The van der Waals surface area contributed by atoms with E-state index in [4.69, 9.17) is 0 Å². The van der Waals surface area contributed by atoms with E-state index in [0.717, 1.165) is 44.3 Å². The number of hydrogen-bond donors (Lipinski definition) is 2. The summed E-state index contributed by atoms with van der Waals surface area (Å²) in [6.07, 6.45) is 12.6. The molecular weight excluding hydrogens is 382 g/mol. The third-order valence-corrected chi connectivity index (χ3v) is 6.05. The second kappa shape index (κ2) is 8.85. The van der Waals surface area contributed by atoms with E-state index < -0.39 is 0 Å². The van der Waals surface area contributed by atoms with E-state index in [1.54, 1.807) is 6.20 Å². The van der Waals surface area contributed by atoms with E-state index in [0.29, 0.717) is 11.5 Å². The summed E-state index contributed by atoms with van der Waals surface area (Å²) < 4.78 is 3.22. The molecule has 0 bridgehead atoms. The van der Waals surface area contributed by atoms with Gasteiger partial charge in [-0.1, -0.05) is 19.3 Å². The van der Waals surface area contributed by atoms with Crippen LogP contribution in [0.1, 0.15) is 67.2 Å². The molecule has 8 heteroatoms. The fourth-order valence-corrected chi connectivity index (χ4v) is 4.19. The molecule has 30 heavy (non-hydrogen) atoms. The molecule has 2 saturated carbocycles. The minimum atomic E-state index is -0.298. The Balaban J connectivity index is 1.44. The van der Waals surface area contributed by atoms with Gasteiger partial charge in [-0.3, -0.25) is 14.4 Å². The van der Waals surface area contributed by atoms with Crippen LogP contribution in [0, 0.1) is 5.92 Å². The zero-order chi connectivity index (χ0) is 21.1. The molecule has 0 aromatic carbocycles. The van der Waals surface area contributed by atoms with Crippen LogP contribution < -0.4 is 16.2 Å². The van der Waals surface area contributed by atoms with Gasteiger partial charge in [0.1, 0.15) is 12.4 Å². The van der Waals surface area contributed by atoms with Gasteiger partial charge in [0.05, 0.1) is 11.6 Å². The van der Waals surface area contributed by atoms with Crippen molar-refractivity contribution in [2.45, 2.75) is 63.6 Å². The molecule has 2 aliphatic carbocycles. The summed E-state index contributed by atoms with van der Waals surface area (Å²) in [5.74, 6) is 0.745. The molecule has 2 aromatic rings. The number of carbonyl (C=O) groups is 2. The molecule has 1 atom stereocenters. The first-order valence-electron chi connectivity index (χ1n) is 10.8. The lowest BCUT2D eigenvalue weighted by Crippen LogP contribution is -2.40. The van der Waals surface area contributed by atoms with Gasteiger partial charge in [-0.2, -0.15) is 0 Å². The van der Waals surface area contributed by atoms with Gasteiger partial charge in [-0.25, -0.2) is 4.98 Å². The molecular formula is C22H29N5O3. The molecule has 2 N–H and O–H groups in total. The molecule has 0 unspecified atom stereocenters. The van der Waals surface area contributed by atoms with E-state index in [2.05, 4.69) is 15.6 Å². The van der Waals surface area contributed by atoms with Crippen LogP contribution >= 0.6 is 0 Å². The smallest absolute Gasteiger partial charge is 0.253 e. The third-order valence-electron chi connectivity index (χ3n) is 6.05. The number of carbonyl (C=O) groups excluding carboxylic acids is 2. The van der Waals surface area contributed by atoms with Crippen molar-refractivity contribution >= 4 is 11.8 Å². The number of pyridine rings is 1. The fourth-order valence-electron chi connectivity index (χ4n) is 4.19. The lowest BCUT2D eigenvalue weighted by Gasteiger charge is -2.23. The number of amides is 2. The number of nitrogens with one attached hydrogen (secondary N) is 2. The van der Waals surface area contributed by atoms with Crippen LogP contribution in [0.2, 0.25) is 0 Å². The van der Waals surface area contributed by atoms with Gasteiger partial charge in [-0.15, -0.1) is 0 Å². The maximum Gasteiger partial charge on any atom is 0.253 e. The number of aromatic nitrogens is 3. The average Bonchev–Trinajstić information content (AvgIpc) is 3.49. The molecule has 160 valence electrons. The molecule has 2 heterocycles. The Hall–Kier alpha value is -2.90. The predicted octanol–water partition coefficient (Wildman–Crippen LogP) is 1.91.